The van der Waals surface area contributed by atoms with E-state index in [9.17, 15) is 14.4 Å². The van der Waals surface area contributed by atoms with Gasteiger partial charge in [-0.2, -0.15) is 0 Å². The molecule has 0 bridgehead atoms. The van der Waals surface area contributed by atoms with Gasteiger partial charge in [0.15, 0.2) is 0 Å². The molecule has 3 amide bonds. The van der Waals surface area contributed by atoms with Crippen LogP contribution in [0.4, 0.5) is 0 Å². The molecular formula is C26H39N3O4. The van der Waals surface area contributed by atoms with Gasteiger partial charge in [-0.3, -0.25) is 14.4 Å². The zero-order valence-electron chi connectivity index (χ0n) is 20.2. The molecule has 0 unspecified atom stereocenters. The maximum absolute atomic E-state index is 13.3. The van der Waals surface area contributed by atoms with E-state index in [2.05, 4.69) is 12.2 Å². The minimum Gasteiger partial charge on any atom is -0.496 e. The fourth-order valence-electron chi connectivity index (χ4n) is 5.00. The minimum absolute atomic E-state index is 0.0258. The van der Waals surface area contributed by atoms with Crippen LogP contribution >= 0.6 is 0 Å². The van der Waals surface area contributed by atoms with Crippen molar-refractivity contribution in [3.8, 4) is 5.75 Å². The molecule has 0 spiro atoms. The molecule has 1 N–H and O–H groups in total. The summed E-state index contributed by atoms with van der Waals surface area (Å²) in [5.41, 5.74) is 0.888. The molecule has 0 aliphatic carbocycles. The smallest absolute Gasteiger partial charge is 0.225 e. The predicted molar refractivity (Wildman–Crippen MR) is 128 cm³/mol. The third-order valence-corrected chi connectivity index (χ3v) is 6.83. The second kappa shape index (κ2) is 12.6. The van der Waals surface area contributed by atoms with Crippen molar-refractivity contribution in [2.75, 3.05) is 33.3 Å². The number of benzene rings is 1. The zero-order valence-corrected chi connectivity index (χ0v) is 20.2. The summed E-state index contributed by atoms with van der Waals surface area (Å²) in [4.78, 5) is 42.2. The monoisotopic (exact) mass is 457 g/mol. The number of carbonyl (C=O) groups is 3. The number of carbonyl (C=O) groups excluding carboxylic acids is 3. The van der Waals surface area contributed by atoms with Crippen molar-refractivity contribution in [2.45, 2.75) is 70.8 Å². The summed E-state index contributed by atoms with van der Waals surface area (Å²) < 4.78 is 5.59. The first-order chi connectivity index (χ1) is 16.1. The minimum atomic E-state index is -0.332. The van der Waals surface area contributed by atoms with Gasteiger partial charge in [-0.05, 0) is 38.2 Å². The molecule has 0 aromatic heterocycles. The molecule has 2 atom stereocenters. The number of rotatable bonds is 10. The van der Waals surface area contributed by atoms with Gasteiger partial charge in [0, 0.05) is 44.6 Å². The Morgan fingerprint density at radius 2 is 1.88 bits per heavy atom. The Labute approximate surface area is 197 Å². The summed E-state index contributed by atoms with van der Waals surface area (Å²) in [6.07, 6.45) is 7.31. The topological polar surface area (TPSA) is 79.0 Å². The number of hydrogen-bond acceptors (Lipinski definition) is 4. The Kier molecular flexibility index (Phi) is 9.58. The Hall–Kier alpha value is -2.57. The fourth-order valence-corrected chi connectivity index (χ4v) is 5.00. The van der Waals surface area contributed by atoms with Gasteiger partial charge in [-0.15, -0.1) is 0 Å². The number of amides is 3. The lowest BCUT2D eigenvalue weighted by Gasteiger charge is -2.41. The van der Waals surface area contributed by atoms with E-state index in [-0.39, 0.29) is 29.7 Å². The highest BCUT2D eigenvalue weighted by Crippen LogP contribution is 2.40. The van der Waals surface area contributed by atoms with Crippen LogP contribution in [0.25, 0.3) is 0 Å². The Bertz CT molecular complexity index is 812. The van der Waals surface area contributed by atoms with E-state index in [1.54, 1.807) is 7.11 Å². The maximum Gasteiger partial charge on any atom is 0.225 e. The van der Waals surface area contributed by atoms with Gasteiger partial charge in [0.1, 0.15) is 5.75 Å². The van der Waals surface area contributed by atoms with Gasteiger partial charge in [0.05, 0.1) is 19.1 Å². The van der Waals surface area contributed by atoms with Crippen molar-refractivity contribution in [3.63, 3.8) is 0 Å². The molecule has 7 nitrogen and oxygen atoms in total. The summed E-state index contributed by atoms with van der Waals surface area (Å²) in [6.45, 7) is 4.77. The van der Waals surface area contributed by atoms with E-state index < -0.39 is 0 Å². The molecule has 2 fully saturated rings. The number of hydrogen-bond donors (Lipinski definition) is 1. The highest BCUT2D eigenvalue weighted by Gasteiger charge is 2.41. The number of para-hydroxylation sites is 1. The summed E-state index contributed by atoms with van der Waals surface area (Å²) >= 11 is 0. The van der Waals surface area contributed by atoms with Gasteiger partial charge in [-0.25, -0.2) is 0 Å². The molecule has 2 aliphatic heterocycles. The van der Waals surface area contributed by atoms with Gasteiger partial charge in [0.25, 0.3) is 0 Å². The van der Waals surface area contributed by atoms with Crippen molar-refractivity contribution in [2.24, 2.45) is 5.92 Å². The first kappa shape index (κ1) is 25.1. The number of nitrogens with one attached hydrogen (secondary N) is 1. The average molecular weight is 458 g/mol. The van der Waals surface area contributed by atoms with Crippen molar-refractivity contribution in [1.29, 1.82) is 0 Å². The molecule has 2 aliphatic rings. The lowest BCUT2D eigenvalue weighted by Crippen LogP contribution is -2.48. The summed E-state index contributed by atoms with van der Waals surface area (Å²) in [5.74, 6) is 0.685. The van der Waals surface area contributed by atoms with Crippen molar-refractivity contribution in [3.05, 3.63) is 29.8 Å². The first-order valence-electron chi connectivity index (χ1n) is 12.5. The molecule has 2 saturated heterocycles. The number of likely N-dealkylation sites (tertiary alicyclic amines) is 2. The molecule has 3 rings (SSSR count). The highest BCUT2D eigenvalue weighted by molar-refractivity contribution is 5.85. The van der Waals surface area contributed by atoms with Crippen LogP contribution in [0.2, 0.25) is 0 Å². The molecule has 182 valence electrons. The van der Waals surface area contributed by atoms with E-state index in [4.69, 9.17) is 4.74 Å². The van der Waals surface area contributed by atoms with Crippen molar-refractivity contribution < 1.29 is 19.1 Å². The molecule has 33 heavy (non-hydrogen) atoms. The Morgan fingerprint density at radius 3 is 2.67 bits per heavy atom. The standard InChI is InChI=1S/C26H39N3O4/c1-3-4-19-29-24(31)15-14-21(25(29)20-11-7-8-12-22(20)33-2)26(32)27-16-10-18-28-17-9-5-6-13-23(28)30/h7-8,11-12,21,25H,3-6,9-10,13-19H2,1-2H3,(H,27,32)/t21-,25+/m1/s1. The van der Waals surface area contributed by atoms with Gasteiger partial charge < -0.3 is 19.9 Å². The highest BCUT2D eigenvalue weighted by atomic mass is 16.5. The van der Waals surface area contributed by atoms with Crippen LogP contribution in [0.1, 0.15) is 76.3 Å². The number of piperidine rings is 1. The van der Waals surface area contributed by atoms with Crippen LogP contribution in [0, 0.1) is 5.92 Å². The van der Waals surface area contributed by atoms with Crippen LogP contribution in [0.3, 0.4) is 0 Å². The largest absolute Gasteiger partial charge is 0.496 e. The molecule has 7 heteroatoms. The zero-order chi connectivity index (χ0) is 23.6. The molecular weight excluding hydrogens is 418 g/mol. The third kappa shape index (κ3) is 6.49. The van der Waals surface area contributed by atoms with E-state index in [0.29, 0.717) is 44.6 Å². The van der Waals surface area contributed by atoms with Gasteiger partial charge in [-0.1, -0.05) is 38.0 Å². The Morgan fingerprint density at radius 1 is 1.06 bits per heavy atom. The van der Waals surface area contributed by atoms with Crippen molar-refractivity contribution >= 4 is 17.7 Å². The number of methoxy groups -OCH3 is 1. The number of unbranched alkanes of at least 4 members (excludes halogenated alkanes) is 1. The molecule has 2 heterocycles. The van der Waals surface area contributed by atoms with Crippen LogP contribution in [-0.4, -0.2) is 60.8 Å². The van der Waals surface area contributed by atoms with Gasteiger partial charge >= 0.3 is 0 Å². The molecule has 0 radical (unpaired) electrons. The second-order valence-corrected chi connectivity index (χ2v) is 9.11. The second-order valence-electron chi connectivity index (χ2n) is 9.11. The first-order valence-corrected chi connectivity index (χ1v) is 12.5. The SMILES string of the molecule is CCCCN1C(=O)CC[C@@H](C(=O)NCCCN2CCCCCC2=O)[C@@H]1c1ccccc1OC. The predicted octanol–water partition coefficient (Wildman–Crippen LogP) is 3.68. The van der Waals surface area contributed by atoms with E-state index in [1.807, 2.05) is 34.1 Å². The lowest BCUT2D eigenvalue weighted by molar-refractivity contribution is -0.143. The lowest BCUT2D eigenvalue weighted by atomic mass is 9.83. The van der Waals surface area contributed by atoms with E-state index >= 15 is 0 Å². The van der Waals surface area contributed by atoms with E-state index in [0.717, 1.165) is 50.6 Å². The normalized spacial score (nSPS) is 21.6. The van der Waals surface area contributed by atoms with Crippen LogP contribution < -0.4 is 10.1 Å². The van der Waals surface area contributed by atoms with Crippen molar-refractivity contribution in [1.82, 2.24) is 15.1 Å². The van der Waals surface area contributed by atoms with Crippen LogP contribution in [0.15, 0.2) is 24.3 Å². The third-order valence-electron chi connectivity index (χ3n) is 6.83. The number of nitrogens with zero attached hydrogens (tertiary/aromatic N) is 2. The van der Waals surface area contributed by atoms with E-state index in [1.165, 1.54) is 0 Å². The average Bonchev–Trinajstić information content (AvgIpc) is 3.04. The van der Waals surface area contributed by atoms with Crippen LogP contribution in [0.5, 0.6) is 5.75 Å². The fraction of sp³-hybridized carbons (Fsp3) is 0.654. The summed E-state index contributed by atoms with van der Waals surface area (Å²) in [5, 5.41) is 3.10. The summed E-state index contributed by atoms with van der Waals surface area (Å²) in [6, 6.07) is 7.36. The maximum atomic E-state index is 13.3. The molecule has 1 aromatic rings. The Balaban J connectivity index is 1.68. The quantitative estimate of drug-likeness (QED) is 0.544. The molecule has 0 saturated carbocycles. The summed E-state index contributed by atoms with van der Waals surface area (Å²) in [7, 11) is 1.62. The van der Waals surface area contributed by atoms with Gasteiger partial charge in [0.2, 0.25) is 17.7 Å². The number of ether oxygens (including phenoxy) is 1. The van der Waals surface area contributed by atoms with Crippen LogP contribution in [-0.2, 0) is 14.4 Å². The molecule has 1 aromatic carbocycles.